The Bertz CT molecular complexity index is 562. The van der Waals surface area contributed by atoms with E-state index in [1.165, 1.54) is 50.7 Å². The first-order valence-corrected chi connectivity index (χ1v) is 8.60. The van der Waals surface area contributed by atoms with Gasteiger partial charge in [0.05, 0.1) is 0 Å². The number of hydrogen-bond acceptors (Lipinski definition) is 1. The standard InChI is InChI=1S/C19H24FNO/c1-12(21-18(22)16-3-2-4-17(20)8-16)19-9-13-5-14(10-19)7-15(6-13)11-19/h2-4,8,12-15H,5-7,9-11H2,1H3,(H,21,22). The lowest BCUT2D eigenvalue weighted by Crippen LogP contribution is -2.55. The number of hydrogen-bond donors (Lipinski definition) is 1. The van der Waals surface area contributed by atoms with Crippen LogP contribution in [0.2, 0.25) is 0 Å². The number of amides is 1. The van der Waals surface area contributed by atoms with Gasteiger partial charge in [-0.05, 0) is 86.8 Å². The molecule has 4 aliphatic carbocycles. The van der Waals surface area contributed by atoms with Crippen molar-refractivity contribution >= 4 is 5.91 Å². The topological polar surface area (TPSA) is 29.1 Å². The van der Waals surface area contributed by atoms with Crippen LogP contribution in [0.4, 0.5) is 4.39 Å². The van der Waals surface area contributed by atoms with E-state index in [-0.39, 0.29) is 23.2 Å². The fourth-order valence-electron chi connectivity index (χ4n) is 5.77. The largest absolute Gasteiger partial charge is 0.349 e. The Morgan fingerprint density at radius 2 is 1.77 bits per heavy atom. The summed E-state index contributed by atoms with van der Waals surface area (Å²) in [6, 6.07) is 6.16. The summed E-state index contributed by atoms with van der Waals surface area (Å²) in [5, 5.41) is 3.17. The van der Waals surface area contributed by atoms with E-state index in [0.29, 0.717) is 5.56 Å². The van der Waals surface area contributed by atoms with Gasteiger partial charge in [0.15, 0.2) is 0 Å². The van der Waals surface area contributed by atoms with Gasteiger partial charge in [0.25, 0.3) is 5.91 Å². The van der Waals surface area contributed by atoms with Crippen LogP contribution in [0.15, 0.2) is 24.3 Å². The third kappa shape index (κ3) is 2.35. The highest BCUT2D eigenvalue weighted by Gasteiger charge is 2.53. The number of rotatable bonds is 3. The first-order chi connectivity index (χ1) is 10.5. The predicted molar refractivity (Wildman–Crippen MR) is 83.9 cm³/mol. The van der Waals surface area contributed by atoms with Crippen LogP contribution in [0.1, 0.15) is 55.8 Å². The van der Waals surface area contributed by atoms with E-state index in [4.69, 9.17) is 0 Å². The summed E-state index contributed by atoms with van der Waals surface area (Å²) in [5.41, 5.74) is 0.717. The fraction of sp³-hybridized carbons (Fsp3) is 0.632. The molecule has 0 saturated heterocycles. The lowest BCUT2D eigenvalue weighted by molar-refractivity contribution is -0.0688. The molecular weight excluding hydrogens is 277 g/mol. The Hall–Kier alpha value is -1.38. The molecule has 0 spiro atoms. The van der Waals surface area contributed by atoms with E-state index in [9.17, 15) is 9.18 Å². The molecule has 5 rings (SSSR count). The van der Waals surface area contributed by atoms with Crippen LogP contribution < -0.4 is 5.32 Å². The van der Waals surface area contributed by atoms with Gasteiger partial charge in [-0.25, -0.2) is 4.39 Å². The lowest BCUT2D eigenvalue weighted by Gasteiger charge is -2.59. The zero-order valence-corrected chi connectivity index (χ0v) is 13.1. The molecule has 2 nitrogen and oxygen atoms in total. The second kappa shape index (κ2) is 5.07. The van der Waals surface area contributed by atoms with Crippen LogP contribution >= 0.6 is 0 Å². The number of carbonyl (C=O) groups is 1. The van der Waals surface area contributed by atoms with Crippen molar-refractivity contribution in [3.63, 3.8) is 0 Å². The minimum absolute atomic E-state index is 0.136. The average Bonchev–Trinajstić information content (AvgIpc) is 2.45. The molecule has 1 amide bonds. The van der Waals surface area contributed by atoms with Crippen molar-refractivity contribution in [2.24, 2.45) is 23.2 Å². The molecule has 4 bridgehead atoms. The SMILES string of the molecule is CC(NC(=O)c1cccc(F)c1)C12CC3CC(CC(C3)C1)C2. The molecule has 1 aromatic rings. The predicted octanol–water partition coefficient (Wildman–Crippen LogP) is 4.16. The maximum atomic E-state index is 13.3. The molecule has 1 unspecified atom stereocenters. The Morgan fingerprint density at radius 1 is 1.18 bits per heavy atom. The molecule has 0 radical (unpaired) electrons. The Labute approximate surface area is 131 Å². The van der Waals surface area contributed by atoms with E-state index in [0.717, 1.165) is 17.8 Å². The van der Waals surface area contributed by atoms with Crippen LogP contribution in [0.5, 0.6) is 0 Å². The molecule has 0 aliphatic heterocycles. The van der Waals surface area contributed by atoms with Gasteiger partial charge >= 0.3 is 0 Å². The van der Waals surface area contributed by atoms with Gasteiger partial charge in [-0.3, -0.25) is 4.79 Å². The maximum Gasteiger partial charge on any atom is 0.251 e. The number of halogens is 1. The van der Waals surface area contributed by atoms with E-state index in [1.807, 2.05) is 0 Å². The molecule has 0 heterocycles. The normalized spacial score (nSPS) is 37.1. The molecule has 22 heavy (non-hydrogen) atoms. The molecule has 4 saturated carbocycles. The number of nitrogens with one attached hydrogen (secondary N) is 1. The zero-order chi connectivity index (χ0) is 15.3. The minimum atomic E-state index is -0.352. The minimum Gasteiger partial charge on any atom is -0.349 e. The smallest absolute Gasteiger partial charge is 0.251 e. The summed E-state index contributed by atoms with van der Waals surface area (Å²) in [6.45, 7) is 2.16. The average molecular weight is 301 g/mol. The van der Waals surface area contributed by atoms with Crippen molar-refractivity contribution in [1.82, 2.24) is 5.32 Å². The first kappa shape index (κ1) is 14.2. The molecule has 1 atom stereocenters. The summed E-state index contributed by atoms with van der Waals surface area (Å²) in [5.74, 6) is 2.14. The van der Waals surface area contributed by atoms with Crippen LogP contribution in [0.3, 0.4) is 0 Å². The fourth-order valence-corrected chi connectivity index (χ4v) is 5.77. The van der Waals surface area contributed by atoms with Gasteiger partial charge in [-0.15, -0.1) is 0 Å². The van der Waals surface area contributed by atoms with Crippen molar-refractivity contribution in [2.75, 3.05) is 0 Å². The van der Waals surface area contributed by atoms with Crippen molar-refractivity contribution in [3.8, 4) is 0 Å². The molecule has 0 aromatic heterocycles. The van der Waals surface area contributed by atoms with E-state index in [2.05, 4.69) is 12.2 Å². The number of benzene rings is 1. The van der Waals surface area contributed by atoms with Crippen molar-refractivity contribution in [1.29, 1.82) is 0 Å². The summed E-state index contributed by atoms with van der Waals surface area (Å²) in [7, 11) is 0. The van der Waals surface area contributed by atoms with E-state index in [1.54, 1.807) is 12.1 Å². The lowest BCUT2D eigenvalue weighted by atomic mass is 9.48. The van der Waals surface area contributed by atoms with Gasteiger partial charge in [-0.1, -0.05) is 6.07 Å². The van der Waals surface area contributed by atoms with Crippen molar-refractivity contribution in [2.45, 2.75) is 51.5 Å². The highest BCUT2D eigenvalue weighted by molar-refractivity contribution is 5.94. The summed E-state index contributed by atoms with van der Waals surface area (Å²) >= 11 is 0. The molecule has 4 fully saturated rings. The first-order valence-electron chi connectivity index (χ1n) is 8.60. The third-order valence-electron chi connectivity index (χ3n) is 6.44. The van der Waals surface area contributed by atoms with Crippen LogP contribution in [-0.4, -0.2) is 11.9 Å². The molecule has 1 N–H and O–H groups in total. The highest BCUT2D eigenvalue weighted by Crippen LogP contribution is 2.61. The summed E-state index contributed by atoms with van der Waals surface area (Å²) in [6.07, 6.45) is 8.02. The van der Waals surface area contributed by atoms with Crippen LogP contribution in [0.25, 0.3) is 0 Å². The van der Waals surface area contributed by atoms with Gasteiger partial charge in [0, 0.05) is 11.6 Å². The van der Waals surface area contributed by atoms with Crippen LogP contribution in [0, 0.1) is 29.0 Å². The van der Waals surface area contributed by atoms with Crippen molar-refractivity contribution in [3.05, 3.63) is 35.6 Å². The van der Waals surface area contributed by atoms with Crippen LogP contribution in [-0.2, 0) is 0 Å². The van der Waals surface area contributed by atoms with E-state index < -0.39 is 0 Å². The van der Waals surface area contributed by atoms with Gasteiger partial charge in [0.2, 0.25) is 0 Å². The zero-order valence-electron chi connectivity index (χ0n) is 13.1. The molecule has 3 heteroatoms. The Morgan fingerprint density at radius 3 is 2.32 bits per heavy atom. The Balaban J connectivity index is 1.50. The maximum absolute atomic E-state index is 13.3. The van der Waals surface area contributed by atoms with Gasteiger partial charge in [-0.2, -0.15) is 0 Å². The second-order valence-corrected chi connectivity index (χ2v) is 7.99. The summed E-state index contributed by atoms with van der Waals surface area (Å²) in [4.78, 5) is 12.4. The third-order valence-corrected chi connectivity index (χ3v) is 6.44. The van der Waals surface area contributed by atoms with Gasteiger partial charge < -0.3 is 5.32 Å². The quantitative estimate of drug-likeness (QED) is 0.892. The second-order valence-electron chi connectivity index (χ2n) is 7.99. The van der Waals surface area contributed by atoms with Crippen molar-refractivity contribution < 1.29 is 9.18 Å². The Kier molecular flexibility index (Phi) is 3.28. The van der Waals surface area contributed by atoms with E-state index >= 15 is 0 Å². The molecule has 1 aromatic carbocycles. The molecular formula is C19H24FNO. The molecule has 4 aliphatic rings. The summed E-state index contributed by atoms with van der Waals surface area (Å²) < 4.78 is 13.3. The monoisotopic (exact) mass is 301 g/mol. The highest BCUT2D eigenvalue weighted by atomic mass is 19.1. The van der Waals surface area contributed by atoms with Gasteiger partial charge in [0.1, 0.15) is 5.82 Å². The number of carbonyl (C=O) groups excluding carboxylic acids is 1. The molecule has 118 valence electrons.